The van der Waals surface area contributed by atoms with Crippen LogP contribution in [0.25, 0.3) is 0 Å². The van der Waals surface area contributed by atoms with Crippen LogP contribution < -0.4 is 0 Å². The third-order valence-electron chi connectivity index (χ3n) is 1.76. The third-order valence-corrected chi connectivity index (χ3v) is 2.37. The van der Waals surface area contributed by atoms with Crippen LogP contribution in [0.1, 0.15) is 11.1 Å². The number of hydrogen-bond donors (Lipinski definition) is 0. The summed E-state index contributed by atoms with van der Waals surface area (Å²) < 4.78 is 0. The second-order valence-electron chi connectivity index (χ2n) is 2.55. The molecule has 0 spiro atoms. The van der Waals surface area contributed by atoms with Crippen molar-refractivity contribution in [2.45, 2.75) is 11.7 Å². The fourth-order valence-corrected chi connectivity index (χ4v) is 1.57. The lowest BCUT2D eigenvalue weighted by Crippen LogP contribution is -1.95. The smallest absolute Gasteiger partial charge is 0.258 e. The number of benzene rings is 1. The van der Waals surface area contributed by atoms with Crippen LogP contribution in [0.4, 0.5) is 5.69 Å². The van der Waals surface area contributed by atoms with Crippen LogP contribution in [-0.2, 0) is 11.7 Å². The Kier molecular flexibility index (Phi) is 3.48. The van der Waals surface area contributed by atoms with Crippen molar-refractivity contribution in [1.29, 1.82) is 0 Å². The minimum Gasteiger partial charge on any atom is -0.258 e. The molecule has 2 radical (unpaired) electrons. The summed E-state index contributed by atoms with van der Waals surface area (Å²) in [6, 6.07) is 4.69. The molecule has 0 saturated carbocycles. The molecule has 0 saturated heterocycles. The standard InChI is InChI=1S/C8H7BBrNO2/c9-4-6-1-2-8(11(12)13)3-7(6)5-10/h1-3H,4-5H2. The highest BCUT2D eigenvalue weighted by Gasteiger charge is 2.08. The van der Waals surface area contributed by atoms with Gasteiger partial charge in [-0.15, -0.1) is 0 Å². The summed E-state index contributed by atoms with van der Waals surface area (Å²) in [6.45, 7) is 0. The molecule has 0 aliphatic carbocycles. The van der Waals surface area contributed by atoms with Gasteiger partial charge in [0.15, 0.2) is 0 Å². The number of rotatable bonds is 3. The Balaban J connectivity index is 3.13. The first-order chi connectivity index (χ1) is 6.19. The number of nitro groups is 1. The molecular weight excluding hydrogens is 233 g/mol. The lowest BCUT2D eigenvalue weighted by Gasteiger charge is -2.03. The summed E-state index contributed by atoms with van der Waals surface area (Å²) in [5, 5.41) is 11.0. The van der Waals surface area contributed by atoms with E-state index in [4.69, 9.17) is 7.85 Å². The minimum absolute atomic E-state index is 0.103. The third kappa shape index (κ3) is 2.31. The van der Waals surface area contributed by atoms with Crippen molar-refractivity contribution < 1.29 is 4.92 Å². The summed E-state index contributed by atoms with van der Waals surface area (Å²) in [7, 11) is 5.46. The molecule has 0 amide bonds. The highest BCUT2D eigenvalue weighted by molar-refractivity contribution is 9.08. The first-order valence-corrected chi connectivity index (χ1v) is 4.83. The van der Waals surface area contributed by atoms with Crippen molar-refractivity contribution >= 4 is 29.5 Å². The van der Waals surface area contributed by atoms with Gasteiger partial charge >= 0.3 is 0 Å². The van der Waals surface area contributed by atoms with Gasteiger partial charge in [-0.1, -0.05) is 33.9 Å². The van der Waals surface area contributed by atoms with Crippen LogP contribution in [0.5, 0.6) is 0 Å². The zero-order valence-corrected chi connectivity index (χ0v) is 8.45. The number of halogens is 1. The monoisotopic (exact) mass is 239 g/mol. The molecule has 1 aromatic rings. The number of hydrogen-bond acceptors (Lipinski definition) is 2. The number of nitro benzene ring substituents is 1. The molecule has 0 unspecified atom stereocenters. The van der Waals surface area contributed by atoms with Gasteiger partial charge in [-0.3, -0.25) is 10.1 Å². The fourth-order valence-electron chi connectivity index (χ4n) is 1.05. The van der Waals surface area contributed by atoms with Crippen LogP contribution in [-0.4, -0.2) is 12.8 Å². The zero-order chi connectivity index (χ0) is 9.84. The molecule has 1 rings (SSSR count). The van der Waals surface area contributed by atoms with Crippen LogP contribution in [0, 0.1) is 10.1 Å². The number of nitrogens with zero attached hydrogens (tertiary/aromatic N) is 1. The average molecular weight is 240 g/mol. The summed E-state index contributed by atoms with van der Waals surface area (Å²) in [5.74, 6) is 0. The maximum absolute atomic E-state index is 10.4. The largest absolute Gasteiger partial charge is 0.269 e. The van der Waals surface area contributed by atoms with Crippen LogP contribution >= 0.6 is 15.9 Å². The van der Waals surface area contributed by atoms with Gasteiger partial charge in [-0.2, -0.15) is 0 Å². The Morgan fingerprint density at radius 3 is 2.62 bits per heavy atom. The van der Waals surface area contributed by atoms with Gasteiger partial charge in [0.25, 0.3) is 5.69 Å². The molecule has 1 aromatic carbocycles. The van der Waals surface area contributed by atoms with Crippen molar-refractivity contribution in [2.24, 2.45) is 0 Å². The van der Waals surface area contributed by atoms with E-state index in [1.165, 1.54) is 12.1 Å². The molecule has 0 aliphatic rings. The van der Waals surface area contributed by atoms with Gasteiger partial charge in [-0.05, 0) is 5.56 Å². The molecule has 3 nitrogen and oxygen atoms in total. The Bertz CT molecular complexity index is 330. The molecule has 0 aliphatic heterocycles. The average Bonchev–Trinajstić information content (AvgIpc) is 2.16. The Morgan fingerprint density at radius 1 is 1.46 bits per heavy atom. The SMILES string of the molecule is [B]Cc1ccc([N+](=O)[O-])cc1CBr. The van der Waals surface area contributed by atoms with Gasteiger partial charge in [0.05, 0.1) is 12.8 Å². The first-order valence-electron chi connectivity index (χ1n) is 3.71. The minimum atomic E-state index is -0.410. The van der Waals surface area contributed by atoms with Gasteiger partial charge in [0.1, 0.15) is 0 Å². The van der Waals surface area contributed by atoms with E-state index in [0.717, 1.165) is 11.1 Å². The topological polar surface area (TPSA) is 43.1 Å². The van der Waals surface area contributed by atoms with E-state index < -0.39 is 4.92 Å². The molecule has 5 heteroatoms. The van der Waals surface area contributed by atoms with Gasteiger partial charge < -0.3 is 0 Å². The lowest BCUT2D eigenvalue weighted by molar-refractivity contribution is -0.384. The van der Waals surface area contributed by atoms with E-state index >= 15 is 0 Å². The maximum atomic E-state index is 10.4. The summed E-state index contributed by atoms with van der Waals surface area (Å²) in [4.78, 5) is 10.0. The van der Waals surface area contributed by atoms with E-state index in [1.54, 1.807) is 6.07 Å². The molecule has 0 aromatic heterocycles. The predicted octanol–water partition coefficient (Wildman–Crippen LogP) is 2.16. The maximum Gasteiger partial charge on any atom is 0.269 e. The van der Waals surface area contributed by atoms with Crippen LogP contribution in [0.3, 0.4) is 0 Å². The Labute approximate surface area is 85.8 Å². The summed E-state index contributed by atoms with van der Waals surface area (Å²) >= 11 is 3.25. The Hall–Kier alpha value is -0.835. The first kappa shape index (κ1) is 10.2. The molecule has 0 bridgehead atoms. The molecule has 0 atom stereocenters. The predicted molar refractivity (Wildman–Crippen MR) is 55.2 cm³/mol. The van der Waals surface area contributed by atoms with E-state index in [2.05, 4.69) is 15.9 Å². The molecule has 66 valence electrons. The zero-order valence-electron chi connectivity index (χ0n) is 6.87. The Morgan fingerprint density at radius 2 is 2.15 bits per heavy atom. The van der Waals surface area contributed by atoms with Crippen molar-refractivity contribution in [3.63, 3.8) is 0 Å². The molecular formula is C8H7BBrNO2. The van der Waals surface area contributed by atoms with E-state index in [9.17, 15) is 10.1 Å². The van der Waals surface area contributed by atoms with Crippen LogP contribution in [0.15, 0.2) is 18.2 Å². The lowest BCUT2D eigenvalue weighted by atomic mass is 9.93. The summed E-state index contributed by atoms with van der Waals surface area (Å²) in [6.07, 6.45) is 0.402. The number of alkyl halides is 1. The van der Waals surface area contributed by atoms with Crippen molar-refractivity contribution in [1.82, 2.24) is 0 Å². The normalized spacial score (nSPS) is 9.92. The van der Waals surface area contributed by atoms with Gasteiger partial charge in [0, 0.05) is 17.5 Å². The highest BCUT2D eigenvalue weighted by Crippen LogP contribution is 2.19. The summed E-state index contributed by atoms with van der Waals surface area (Å²) in [5.41, 5.74) is 1.91. The van der Waals surface area contributed by atoms with E-state index in [1.807, 2.05) is 0 Å². The van der Waals surface area contributed by atoms with Crippen molar-refractivity contribution in [3.05, 3.63) is 39.4 Å². The second-order valence-corrected chi connectivity index (χ2v) is 3.11. The number of non-ortho nitro benzene ring substituents is 1. The quantitative estimate of drug-likeness (QED) is 0.351. The molecule has 0 fully saturated rings. The van der Waals surface area contributed by atoms with Gasteiger partial charge in [-0.25, -0.2) is 0 Å². The molecule has 0 N–H and O–H groups in total. The fraction of sp³-hybridized carbons (Fsp3) is 0.250. The van der Waals surface area contributed by atoms with Crippen molar-refractivity contribution in [2.75, 3.05) is 0 Å². The van der Waals surface area contributed by atoms with E-state index in [-0.39, 0.29) is 5.69 Å². The molecule has 0 heterocycles. The second kappa shape index (κ2) is 4.41. The van der Waals surface area contributed by atoms with Crippen LogP contribution in [0.2, 0.25) is 0 Å². The van der Waals surface area contributed by atoms with Gasteiger partial charge in [0.2, 0.25) is 0 Å². The highest BCUT2D eigenvalue weighted by atomic mass is 79.9. The van der Waals surface area contributed by atoms with E-state index in [0.29, 0.717) is 11.7 Å². The molecule has 13 heavy (non-hydrogen) atoms. The van der Waals surface area contributed by atoms with Crippen molar-refractivity contribution in [3.8, 4) is 0 Å².